The molecule has 2 amide bonds. The Morgan fingerprint density at radius 1 is 1.29 bits per heavy atom. The van der Waals surface area contributed by atoms with Gasteiger partial charge in [0.1, 0.15) is 11.6 Å². The molecular weight excluding hydrogens is 311 g/mol. The van der Waals surface area contributed by atoms with E-state index in [0.29, 0.717) is 23.7 Å². The summed E-state index contributed by atoms with van der Waals surface area (Å²) in [4.78, 5) is 13.7. The zero-order chi connectivity index (χ0) is 17.4. The van der Waals surface area contributed by atoms with E-state index >= 15 is 0 Å². The van der Waals surface area contributed by atoms with Crippen molar-refractivity contribution in [2.75, 3.05) is 25.0 Å². The highest BCUT2D eigenvalue weighted by atomic mass is 19.1. The van der Waals surface area contributed by atoms with Crippen LogP contribution in [0.2, 0.25) is 0 Å². The van der Waals surface area contributed by atoms with Gasteiger partial charge in [-0.1, -0.05) is 24.3 Å². The van der Waals surface area contributed by atoms with E-state index in [-0.39, 0.29) is 19.2 Å². The molecule has 0 unspecified atom stereocenters. The van der Waals surface area contributed by atoms with Gasteiger partial charge in [0.2, 0.25) is 0 Å². The number of carbonyl (C=O) groups excluding carboxylic acids is 1. The number of aliphatic hydroxyl groups excluding tert-OH is 1. The third kappa shape index (κ3) is 4.82. The number of hydrogen-bond acceptors (Lipinski definition) is 3. The molecular formula is C18H19FN2O3. The molecule has 24 heavy (non-hydrogen) atoms. The standard InChI is InChI=1S/C18H19FN2O3/c1-2-10-21(11-12-22)18(23)20-16-8-3-4-9-17(16)24-15-7-5-6-14(19)13-15/h2-9,13,22H,1,10-12H2,(H,20,23). The van der Waals surface area contributed by atoms with Gasteiger partial charge in [0.25, 0.3) is 0 Å². The van der Waals surface area contributed by atoms with Crippen LogP contribution in [-0.2, 0) is 0 Å². The minimum Gasteiger partial charge on any atom is -0.455 e. The van der Waals surface area contributed by atoms with Crippen molar-refractivity contribution in [1.82, 2.24) is 4.90 Å². The molecule has 0 radical (unpaired) electrons. The Bertz CT molecular complexity index is 706. The van der Waals surface area contributed by atoms with Gasteiger partial charge in [0, 0.05) is 19.2 Å². The summed E-state index contributed by atoms with van der Waals surface area (Å²) >= 11 is 0. The lowest BCUT2D eigenvalue weighted by Gasteiger charge is -2.21. The van der Waals surface area contributed by atoms with Crippen LogP contribution < -0.4 is 10.1 Å². The second-order valence-electron chi connectivity index (χ2n) is 4.94. The predicted molar refractivity (Wildman–Crippen MR) is 90.8 cm³/mol. The van der Waals surface area contributed by atoms with E-state index in [1.165, 1.54) is 17.0 Å². The Labute approximate surface area is 140 Å². The van der Waals surface area contributed by atoms with Crippen molar-refractivity contribution in [2.45, 2.75) is 0 Å². The number of rotatable bonds is 7. The molecule has 2 N–H and O–H groups in total. The summed E-state index contributed by atoms with van der Waals surface area (Å²) in [6.07, 6.45) is 1.57. The van der Waals surface area contributed by atoms with E-state index in [1.54, 1.807) is 42.5 Å². The lowest BCUT2D eigenvalue weighted by atomic mass is 10.3. The Balaban J connectivity index is 2.16. The average molecular weight is 330 g/mol. The van der Waals surface area contributed by atoms with Gasteiger partial charge >= 0.3 is 6.03 Å². The third-order valence-electron chi connectivity index (χ3n) is 3.16. The number of amides is 2. The van der Waals surface area contributed by atoms with Gasteiger partial charge in [-0.25, -0.2) is 9.18 Å². The molecule has 2 aromatic rings. The van der Waals surface area contributed by atoms with Gasteiger partial charge < -0.3 is 20.1 Å². The fraction of sp³-hybridized carbons (Fsp3) is 0.167. The number of anilines is 1. The summed E-state index contributed by atoms with van der Waals surface area (Å²) in [7, 11) is 0. The maximum absolute atomic E-state index is 13.3. The SMILES string of the molecule is C=CCN(CCO)C(=O)Nc1ccccc1Oc1cccc(F)c1. The molecule has 0 saturated heterocycles. The number of ether oxygens (including phenoxy) is 1. The molecule has 5 nitrogen and oxygen atoms in total. The van der Waals surface area contributed by atoms with Crippen molar-refractivity contribution < 1.29 is 19.0 Å². The molecule has 2 aromatic carbocycles. The van der Waals surface area contributed by atoms with Gasteiger partial charge in [-0.15, -0.1) is 6.58 Å². The summed E-state index contributed by atoms with van der Waals surface area (Å²) in [6, 6.07) is 12.2. The van der Waals surface area contributed by atoms with E-state index in [0.717, 1.165) is 0 Å². The number of nitrogens with zero attached hydrogens (tertiary/aromatic N) is 1. The minimum atomic E-state index is -0.408. The van der Waals surface area contributed by atoms with Gasteiger partial charge in [0.05, 0.1) is 12.3 Å². The summed E-state index contributed by atoms with van der Waals surface area (Å²) in [5, 5.41) is 11.8. The molecule has 0 aliphatic rings. The van der Waals surface area contributed by atoms with E-state index in [4.69, 9.17) is 9.84 Å². The van der Waals surface area contributed by atoms with Crippen molar-refractivity contribution in [1.29, 1.82) is 0 Å². The lowest BCUT2D eigenvalue weighted by molar-refractivity contribution is 0.195. The predicted octanol–water partition coefficient (Wildman–Crippen LogP) is 3.63. The largest absolute Gasteiger partial charge is 0.455 e. The first kappa shape index (κ1) is 17.5. The van der Waals surface area contributed by atoms with E-state index in [1.807, 2.05) is 0 Å². The molecule has 0 heterocycles. The van der Waals surface area contributed by atoms with Crippen LogP contribution >= 0.6 is 0 Å². The maximum atomic E-state index is 13.3. The fourth-order valence-corrected chi connectivity index (χ4v) is 2.06. The highest BCUT2D eigenvalue weighted by Crippen LogP contribution is 2.29. The van der Waals surface area contributed by atoms with Crippen molar-refractivity contribution in [2.24, 2.45) is 0 Å². The molecule has 0 fully saturated rings. The number of hydrogen-bond donors (Lipinski definition) is 2. The van der Waals surface area contributed by atoms with Crippen molar-refractivity contribution in [3.05, 3.63) is 67.0 Å². The van der Waals surface area contributed by atoms with Gasteiger partial charge in [-0.3, -0.25) is 0 Å². The van der Waals surface area contributed by atoms with Crippen LogP contribution in [0.3, 0.4) is 0 Å². The molecule has 2 rings (SSSR count). The number of nitrogens with one attached hydrogen (secondary N) is 1. The van der Waals surface area contributed by atoms with Crippen LogP contribution in [0.1, 0.15) is 0 Å². The molecule has 126 valence electrons. The maximum Gasteiger partial charge on any atom is 0.322 e. The smallest absolute Gasteiger partial charge is 0.322 e. The number of aliphatic hydroxyl groups is 1. The van der Waals surface area contributed by atoms with Crippen molar-refractivity contribution in [3.8, 4) is 11.5 Å². The number of halogens is 1. The van der Waals surface area contributed by atoms with Crippen LogP contribution in [-0.4, -0.2) is 35.7 Å². The van der Waals surface area contributed by atoms with Crippen LogP contribution in [0.4, 0.5) is 14.9 Å². The third-order valence-corrected chi connectivity index (χ3v) is 3.16. The zero-order valence-electron chi connectivity index (χ0n) is 13.1. The van der Waals surface area contributed by atoms with Gasteiger partial charge in [-0.05, 0) is 24.3 Å². The van der Waals surface area contributed by atoms with Gasteiger partial charge in [-0.2, -0.15) is 0 Å². The minimum absolute atomic E-state index is 0.150. The van der Waals surface area contributed by atoms with Crippen LogP contribution in [0.25, 0.3) is 0 Å². The fourth-order valence-electron chi connectivity index (χ4n) is 2.06. The number of benzene rings is 2. The van der Waals surface area contributed by atoms with Crippen molar-refractivity contribution >= 4 is 11.7 Å². The second-order valence-corrected chi connectivity index (χ2v) is 4.94. The topological polar surface area (TPSA) is 61.8 Å². The zero-order valence-corrected chi connectivity index (χ0v) is 13.1. The molecule has 0 aliphatic heterocycles. The van der Waals surface area contributed by atoms with E-state index in [2.05, 4.69) is 11.9 Å². The van der Waals surface area contributed by atoms with E-state index in [9.17, 15) is 9.18 Å². The second kappa shape index (κ2) is 8.69. The highest BCUT2D eigenvalue weighted by Gasteiger charge is 2.14. The Morgan fingerprint density at radius 3 is 2.79 bits per heavy atom. The average Bonchev–Trinajstić information content (AvgIpc) is 2.56. The molecule has 6 heteroatoms. The molecule has 0 spiro atoms. The summed E-state index contributed by atoms with van der Waals surface area (Å²) in [5.74, 6) is 0.308. The van der Waals surface area contributed by atoms with Crippen molar-refractivity contribution in [3.63, 3.8) is 0 Å². The Hall–Kier alpha value is -2.86. The van der Waals surface area contributed by atoms with Gasteiger partial charge in [0.15, 0.2) is 5.75 Å². The summed E-state index contributed by atoms with van der Waals surface area (Å²) in [6.45, 7) is 3.93. The first-order valence-electron chi connectivity index (χ1n) is 7.44. The molecule has 0 aromatic heterocycles. The molecule has 0 aliphatic carbocycles. The van der Waals surface area contributed by atoms with Crippen LogP contribution in [0.15, 0.2) is 61.2 Å². The number of urea groups is 1. The Kier molecular flexibility index (Phi) is 6.33. The lowest BCUT2D eigenvalue weighted by Crippen LogP contribution is -2.37. The Morgan fingerprint density at radius 2 is 2.08 bits per heavy atom. The monoisotopic (exact) mass is 330 g/mol. The number of para-hydroxylation sites is 2. The quantitative estimate of drug-likeness (QED) is 0.762. The summed E-state index contributed by atoms with van der Waals surface area (Å²) < 4.78 is 18.9. The number of carbonyl (C=O) groups is 1. The normalized spacial score (nSPS) is 10.1. The first-order valence-corrected chi connectivity index (χ1v) is 7.44. The molecule has 0 bridgehead atoms. The molecule has 0 atom stereocenters. The van der Waals surface area contributed by atoms with Crippen LogP contribution in [0, 0.1) is 5.82 Å². The highest BCUT2D eigenvalue weighted by molar-refractivity contribution is 5.91. The molecule has 0 saturated carbocycles. The first-order chi connectivity index (χ1) is 11.6. The summed E-state index contributed by atoms with van der Waals surface area (Å²) in [5.41, 5.74) is 0.443. The van der Waals surface area contributed by atoms with Crippen LogP contribution in [0.5, 0.6) is 11.5 Å². The van der Waals surface area contributed by atoms with E-state index < -0.39 is 5.82 Å².